The van der Waals surface area contributed by atoms with Crippen LogP contribution in [0.25, 0.3) is 0 Å². The van der Waals surface area contributed by atoms with Crippen LogP contribution in [-0.4, -0.2) is 64.2 Å². The quantitative estimate of drug-likeness (QED) is 0.159. The molecular formula is C35H52N4O6. The maximum absolute atomic E-state index is 13.5. The topological polar surface area (TPSA) is 157 Å². The molecule has 0 fully saturated rings. The Morgan fingerprint density at radius 3 is 1.78 bits per heavy atom. The lowest BCUT2D eigenvalue weighted by Gasteiger charge is -2.30. The third kappa shape index (κ3) is 11.9. The van der Waals surface area contributed by atoms with E-state index in [1.165, 1.54) is 6.92 Å². The molecule has 0 aromatic heterocycles. The van der Waals surface area contributed by atoms with Gasteiger partial charge in [-0.05, 0) is 56.1 Å². The monoisotopic (exact) mass is 624 g/mol. The van der Waals surface area contributed by atoms with Crippen molar-refractivity contribution in [2.75, 3.05) is 0 Å². The van der Waals surface area contributed by atoms with Crippen molar-refractivity contribution in [1.82, 2.24) is 21.3 Å². The highest BCUT2D eigenvalue weighted by Gasteiger charge is 2.32. The summed E-state index contributed by atoms with van der Waals surface area (Å²) in [5, 5.41) is 32.7. The number of carbonyl (C=O) groups excluding carboxylic acids is 4. The molecule has 0 bridgehead atoms. The van der Waals surface area contributed by atoms with E-state index in [9.17, 15) is 29.4 Å². The highest BCUT2D eigenvalue weighted by Crippen LogP contribution is 2.19. The van der Waals surface area contributed by atoms with Gasteiger partial charge in [0.15, 0.2) is 0 Å². The van der Waals surface area contributed by atoms with Crippen LogP contribution in [0.1, 0.15) is 78.5 Å². The molecule has 0 aliphatic carbocycles. The highest BCUT2D eigenvalue weighted by molar-refractivity contribution is 5.90. The largest absolute Gasteiger partial charge is 0.391 e. The predicted octanol–water partition coefficient (Wildman–Crippen LogP) is 3.03. The van der Waals surface area contributed by atoms with E-state index < -0.39 is 48.1 Å². The van der Waals surface area contributed by atoms with Gasteiger partial charge in [0.1, 0.15) is 18.2 Å². The van der Waals surface area contributed by atoms with Crippen molar-refractivity contribution >= 4 is 23.6 Å². The van der Waals surface area contributed by atoms with Crippen LogP contribution in [0.2, 0.25) is 0 Å². The van der Waals surface area contributed by atoms with Gasteiger partial charge in [0.2, 0.25) is 23.6 Å². The Kier molecular flexibility index (Phi) is 15.2. The number of aliphatic hydroxyl groups is 2. The van der Waals surface area contributed by atoms with Crippen LogP contribution < -0.4 is 21.3 Å². The van der Waals surface area contributed by atoms with E-state index >= 15 is 0 Å². The van der Waals surface area contributed by atoms with E-state index in [1.807, 2.05) is 88.4 Å². The van der Waals surface area contributed by atoms with Gasteiger partial charge in [-0.25, -0.2) is 0 Å². The minimum Gasteiger partial charge on any atom is -0.391 e. The van der Waals surface area contributed by atoms with Crippen LogP contribution in [0, 0.1) is 17.8 Å². The first kappa shape index (κ1) is 37.4. The molecule has 2 aromatic carbocycles. The number of carbonyl (C=O) groups is 4. The first-order chi connectivity index (χ1) is 21.2. The summed E-state index contributed by atoms with van der Waals surface area (Å²) in [6.07, 6.45) is -1.64. The lowest BCUT2D eigenvalue weighted by atomic mass is 9.90. The van der Waals surface area contributed by atoms with Gasteiger partial charge >= 0.3 is 0 Å². The Hall–Kier alpha value is -3.76. The van der Waals surface area contributed by atoms with Crippen molar-refractivity contribution in [3.05, 3.63) is 71.8 Å². The molecule has 0 aliphatic rings. The second-order valence-electron chi connectivity index (χ2n) is 12.5. The van der Waals surface area contributed by atoms with E-state index in [-0.39, 0.29) is 42.5 Å². The molecule has 45 heavy (non-hydrogen) atoms. The molecule has 10 nitrogen and oxygen atoms in total. The van der Waals surface area contributed by atoms with Crippen LogP contribution in [0.5, 0.6) is 0 Å². The van der Waals surface area contributed by atoms with E-state index in [1.54, 1.807) is 13.8 Å². The van der Waals surface area contributed by atoms with Crippen molar-refractivity contribution in [3.63, 3.8) is 0 Å². The number of hydrogen-bond acceptors (Lipinski definition) is 6. The molecule has 248 valence electrons. The molecule has 0 saturated heterocycles. The number of amides is 4. The fourth-order valence-corrected chi connectivity index (χ4v) is 4.98. The normalized spacial score (nSPS) is 16.1. The lowest BCUT2D eigenvalue weighted by molar-refractivity contribution is -0.135. The molecule has 7 atom stereocenters. The van der Waals surface area contributed by atoms with Gasteiger partial charge in [-0.1, -0.05) is 95.3 Å². The average Bonchev–Trinajstić information content (AvgIpc) is 3.01. The Morgan fingerprint density at radius 2 is 1.24 bits per heavy atom. The molecule has 2 rings (SSSR count). The standard InChI is InChI=1S/C35H52N4O6/c1-8-26(33(43)39-30(21(2)3)34(44)36-23(6)27-17-13-10-14-18-27)20-29(40)28(19-25-15-11-9-12-16-25)38-32(42)24(7)37-35(45)31(41)22(4)5/h9-18,21-24,26,28-31,40-41H,8,19-20H2,1-7H3,(H,36,44)(H,37,45)(H,38,42)(H,39,43)/t23-,24-,26+,28-,29-,30-,31-/m0/s1. The maximum atomic E-state index is 13.5. The van der Waals surface area contributed by atoms with Crippen molar-refractivity contribution in [3.8, 4) is 0 Å². The van der Waals surface area contributed by atoms with Crippen LogP contribution >= 0.6 is 0 Å². The van der Waals surface area contributed by atoms with E-state index in [2.05, 4.69) is 21.3 Å². The van der Waals surface area contributed by atoms with E-state index in [0.717, 1.165) is 11.1 Å². The summed E-state index contributed by atoms with van der Waals surface area (Å²) in [5.41, 5.74) is 1.82. The molecule has 0 spiro atoms. The maximum Gasteiger partial charge on any atom is 0.249 e. The number of benzene rings is 2. The molecular weight excluding hydrogens is 572 g/mol. The highest BCUT2D eigenvalue weighted by atomic mass is 16.3. The summed E-state index contributed by atoms with van der Waals surface area (Å²) in [6, 6.07) is 16.1. The van der Waals surface area contributed by atoms with Gasteiger partial charge in [0.25, 0.3) is 0 Å². The Bertz CT molecular complexity index is 1220. The number of rotatable bonds is 17. The van der Waals surface area contributed by atoms with Crippen LogP contribution in [0.15, 0.2) is 60.7 Å². The Morgan fingerprint density at radius 1 is 0.667 bits per heavy atom. The first-order valence-electron chi connectivity index (χ1n) is 15.9. The molecule has 0 unspecified atom stereocenters. The lowest BCUT2D eigenvalue weighted by Crippen LogP contribution is -2.55. The molecule has 0 heterocycles. The van der Waals surface area contributed by atoms with Gasteiger partial charge in [-0.2, -0.15) is 0 Å². The molecule has 6 N–H and O–H groups in total. The smallest absolute Gasteiger partial charge is 0.249 e. The molecule has 0 radical (unpaired) electrons. The Balaban J connectivity index is 2.14. The average molecular weight is 625 g/mol. The zero-order valence-electron chi connectivity index (χ0n) is 27.6. The number of nitrogens with one attached hydrogen (secondary N) is 4. The summed E-state index contributed by atoms with van der Waals surface area (Å²) < 4.78 is 0. The number of hydrogen-bond donors (Lipinski definition) is 6. The third-order valence-corrected chi connectivity index (χ3v) is 8.04. The van der Waals surface area contributed by atoms with E-state index in [4.69, 9.17) is 0 Å². The summed E-state index contributed by atoms with van der Waals surface area (Å²) in [5.74, 6) is -2.97. The minimum atomic E-state index is -1.26. The summed E-state index contributed by atoms with van der Waals surface area (Å²) >= 11 is 0. The summed E-state index contributed by atoms with van der Waals surface area (Å²) in [6.45, 7) is 12.3. The molecule has 0 saturated carbocycles. The molecule has 2 aromatic rings. The Labute approximate surface area is 267 Å². The molecule has 10 heteroatoms. The van der Waals surface area contributed by atoms with Crippen molar-refractivity contribution in [2.45, 2.75) is 104 Å². The fourth-order valence-electron chi connectivity index (χ4n) is 4.98. The zero-order chi connectivity index (χ0) is 33.7. The molecule has 0 aliphatic heterocycles. The first-order valence-corrected chi connectivity index (χ1v) is 15.9. The van der Waals surface area contributed by atoms with Crippen molar-refractivity contribution in [1.29, 1.82) is 0 Å². The van der Waals surface area contributed by atoms with Gasteiger partial charge in [-0.15, -0.1) is 0 Å². The number of aliphatic hydroxyl groups excluding tert-OH is 2. The molecule has 4 amide bonds. The summed E-state index contributed by atoms with van der Waals surface area (Å²) in [4.78, 5) is 52.1. The fraction of sp³-hybridized carbons (Fsp3) is 0.543. The van der Waals surface area contributed by atoms with Gasteiger partial charge in [0.05, 0.1) is 18.2 Å². The van der Waals surface area contributed by atoms with Gasteiger partial charge < -0.3 is 31.5 Å². The minimum absolute atomic E-state index is 0.0414. The van der Waals surface area contributed by atoms with Crippen LogP contribution in [0.3, 0.4) is 0 Å². The van der Waals surface area contributed by atoms with Gasteiger partial charge in [-0.3, -0.25) is 19.2 Å². The predicted molar refractivity (Wildman–Crippen MR) is 175 cm³/mol. The zero-order valence-corrected chi connectivity index (χ0v) is 27.6. The van der Waals surface area contributed by atoms with E-state index in [0.29, 0.717) is 6.42 Å². The second-order valence-corrected chi connectivity index (χ2v) is 12.5. The van der Waals surface area contributed by atoms with Crippen molar-refractivity contribution < 1.29 is 29.4 Å². The van der Waals surface area contributed by atoms with Crippen LogP contribution in [-0.2, 0) is 25.6 Å². The second kappa shape index (κ2) is 18.3. The summed E-state index contributed by atoms with van der Waals surface area (Å²) in [7, 11) is 0. The SMILES string of the molecule is CC[C@H](C[C@H](O)[C@H](Cc1ccccc1)NC(=O)[C@H](C)NC(=O)[C@@H](O)C(C)C)C(=O)N[C@H](C(=O)N[C@@H](C)c1ccccc1)C(C)C. The van der Waals surface area contributed by atoms with Gasteiger partial charge in [0, 0.05) is 5.92 Å². The van der Waals surface area contributed by atoms with Crippen molar-refractivity contribution in [2.24, 2.45) is 17.8 Å². The van der Waals surface area contributed by atoms with Crippen LogP contribution in [0.4, 0.5) is 0 Å². The third-order valence-electron chi connectivity index (χ3n) is 8.04.